The zero-order valence-electron chi connectivity index (χ0n) is 16.2. The molecule has 0 aromatic heterocycles. The molecule has 0 atom stereocenters. The van der Waals surface area contributed by atoms with Gasteiger partial charge in [0.15, 0.2) is 0 Å². The van der Waals surface area contributed by atoms with E-state index in [1.165, 1.54) is 9.80 Å². The Balaban J connectivity index is 4.82. The summed E-state index contributed by atoms with van der Waals surface area (Å²) in [6, 6.07) is 0. The molecular formula is C17H29N3O8. The molecule has 0 aliphatic heterocycles. The van der Waals surface area contributed by atoms with Crippen molar-refractivity contribution in [2.45, 2.75) is 13.8 Å². The van der Waals surface area contributed by atoms with Gasteiger partial charge in [0.2, 0.25) is 0 Å². The summed E-state index contributed by atoms with van der Waals surface area (Å²) in [6.07, 6.45) is 0.652. The topological polar surface area (TPSA) is 156 Å². The van der Waals surface area contributed by atoms with Gasteiger partial charge in [-0.05, 0) is 0 Å². The van der Waals surface area contributed by atoms with E-state index in [2.05, 4.69) is 0 Å². The van der Waals surface area contributed by atoms with Crippen LogP contribution in [0.25, 0.3) is 0 Å². The molecule has 3 N–H and O–H groups in total. The summed E-state index contributed by atoms with van der Waals surface area (Å²) in [6.45, 7) is 3.04. The molecule has 0 aliphatic carbocycles. The number of carboxylic acid groups (broad SMARTS) is 3. The Morgan fingerprint density at radius 1 is 0.714 bits per heavy atom. The molecule has 11 heteroatoms. The predicted molar refractivity (Wildman–Crippen MR) is 98.1 cm³/mol. The van der Waals surface area contributed by atoms with Gasteiger partial charge in [-0.3, -0.25) is 33.9 Å². The van der Waals surface area contributed by atoms with E-state index in [0.29, 0.717) is 6.29 Å². The molecule has 0 rings (SSSR count). The summed E-state index contributed by atoms with van der Waals surface area (Å²) in [5, 5.41) is 26.7. The molecule has 0 radical (unpaired) electrons. The number of Topliss-reactive ketones (excluding diaryl/α,β-unsaturated/α-hetero) is 1. The third-order valence-electron chi connectivity index (χ3n) is 3.90. The second kappa shape index (κ2) is 13.7. The third kappa shape index (κ3) is 12.9. The monoisotopic (exact) mass is 403 g/mol. The lowest BCUT2D eigenvalue weighted by molar-refractivity contribution is -0.142. The fraction of sp³-hybridized carbons (Fsp3) is 0.706. The summed E-state index contributed by atoms with van der Waals surface area (Å²) < 4.78 is 0. The van der Waals surface area contributed by atoms with Crippen molar-refractivity contribution in [3.8, 4) is 0 Å². The van der Waals surface area contributed by atoms with E-state index in [0.717, 1.165) is 0 Å². The van der Waals surface area contributed by atoms with E-state index in [-0.39, 0.29) is 57.5 Å². The van der Waals surface area contributed by atoms with E-state index in [4.69, 9.17) is 15.3 Å². The molecule has 160 valence electrons. The number of rotatable bonds is 17. The van der Waals surface area contributed by atoms with Gasteiger partial charge in [-0.2, -0.15) is 0 Å². The predicted octanol–water partition coefficient (Wildman–Crippen LogP) is -1.43. The highest BCUT2D eigenvalue weighted by molar-refractivity contribution is 5.82. The van der Waals surface area contributed by atoms with Crippen molar-refractivity contribution in [1.29, 1.82) is 0 Å². The number of aldehydes is 1. The van der Waals surface area contributed by atoms with E-state index in [9.17, 15) is 24.0 Å². The zero-order chi connectivity index (χ0) is 21.7. The third-order valence-corrected chi connectivity index (χ3v) is 3.90. The Morgan fingerprint density at radius 2 is 1.07 bits per heavy atom. The Labute approximate surface area is 163 Å². The van der Waals surface area contributed by atoms with Crippen LogP contribution in [0.1, 0.15) is 13.8 Å². The number of carboxylic acids is 3. The molecule has 0 spiro atoms. The van der Waals surface area contributed by atoms with Gasteiger partial charge in [-0.15, -0.1) is 0 Å². The normalized spacial score (nSPS) is 11.4. The average molecular weight is 403 g/mol. The van der Waals surface area contributed by atoms with Crippen LogP contribution in [-0.2, 0) is 24.0 Å². The quantitative estimate of drug-likeness (QED) is 0.245. The molecule has 0 heterocycles. The Morgan fingerprint density at radius 3 is 1.39 bits per heavy atom. The van der Waals surface area contributed by atoms with Crippen LogP contribution >= 0.6 is 0 Å². The highest BCUT2D eigenvalue weighted by atomic mass is 16.4. The van der Waals surface area contributed by atoms with Crippen LogP contribution < -0.4 is 0 Å². The van der Waals surface area contributed by atoms with Gasteiger partial charge < -0.3 is 20.1 Å². The number of ketones is 1. The second-order valence-corrected chi connectivity index (χ2v) is 6.69. The summed E-state index contributed by atoms with van der Waals surface area (Å²) in [4.78, 5) is 59.8. The van der Waals surface area contributed by atoms with E-state index in [1.807, 2.05) is 0 Å². The van der Waals surface area contributed by atoms with Crippen LogP contribution in [0.15, 0.2) is 0 Å². The van der Waals surface area contributed by atoms with E-state index >= 15 is 0 Å². The van der Waals surface area contributed by atoms with Gasteiger partial charge >= 0.3 is 17.9 Å². The van der Waals surface area contributed by atoms with Gasteiger partial charge in [0.1, 0.15) is 12.1 Å². The number of hydrogen-bond acceptors (Lipinski definition) is 8. The Kier molecular flexibility index (Phi) is 12.6. The molecule has 0 saturated carbocycles. The minimum Gasteiger partial charge on any atom is -0.480 e. The van der Waals surface area contributed by atoms with Gasteiger partial charge in [0, 0.05) is 32.1 Å². The van der Waals surface area contributed by atoms with Crippen LogP contribution in [0.3, 0.4) is 0 Å². The maximum Gasteiger partial charge on any atom is 0.317 e. The van der Waals surface area contributed by atoms with Gasteiger partial charge in [-0.1, -0.05) is 13.8 Å². The smallest absolute Gasteiger partial charge is 0.317 e. The molecule has 0 amide bonds. The van der Waals surface area contributed by atoms with Crippen LogP contribution in [-0.4, -0.2) is 119 Å². The summed E-state index contributed by atoms with van der Waals surface area (Å²) in [5.74, 6) is -3.74. The first-order chi connectivity index (χ1) is 13.0. The van der Waals surface area contributed by atoms with Crippen molar-refractivity contribution in [2.24, 2.45) is 5.92 Å². The van der Waals surface area contributed by atoms with Crippen molar-refractivity contribution < 1.29 is 39.3 Å². The van der Waals surface area contributed by atoms with Crippen LogP contribution in [0.5, 0.6) is 0 Å². The van der Waals surface area contributed by atoms with E-state index < -0.39 is 31.0 Å². The first-order valence-corrected chi connectivity index (χ1v) is 8.83. The fourth-order valence-corrected chi connectivity index (χ4v) is 2.37. The molecule has 0 saturated heterocycles. The number of nitrogens with zero attached hydrogens (tertiary/aromatic N) is 3. The molecule has 11 nitrogen and oxygen atoms in total. The lowest BCUT2D eigenvalue weighted by atomic mass is 10.1. The van der Waals surface area contributed by atoms with Gasteiger partial charge in [-0.25, -0.2) is 0 Å². The first-order valence-electron chi connectivity index (χ1n) is 8.83. The highest BCUT2D eigenvalue weighted by Gasteiger charge is 2.19. The average Bonchev–Trinajstić information content (AvgIpc) is 2.55. The lowest BCUT2D eigenvalue weighted by Gasteiger charge is -2.27. The highest BCUT2D eigenvalue weighted by Crippen LogP contribution is 2.00. The summed E-state index contributed by atoms with van der Waals surface area (Å²) >= 11 is 0. The second-order valence-electron chi connectivity index (χ2n) is 6.69. The maximum atomic E-state index is 11.9. The molecule has 0 aromatic rings. The number of carbonyl (C=O) groups excluding carboxylic acids is 2. The zero-order valence-corrected chi connectivity index (χ0v) is 16.2. The van der Waals surface area contributed by atoms with Crippen molar-refractivity contribution in [2.75, 3.05) is 58.9 Å². The number of aliphatic carboxylic acids is 3. The largest absolute Gasteiger partial charge is 0.480 e. The Hall–Kier alpha value is -2.37. The molecule has 0 bridgehead atoms. The maximum absolute atomic E-state index is 11.9. The van der Waals surface area contributed by atoms with Crippen molar-refractivity contribution in [3.05, 3.63) is 0 Å². The molecule has 0 unspecified atom stereocenters. The van der Waals surface area contributed by atoms with E-state index in [1.54, 1.807) is 18.7 Å². The van der Waals surface area contributed by atoms with Crippen LogP contribution in [0.2, 0.25) is 0 Å². The number of carbonyl (C=O) groups is 5. The molecular weight excluding hydrogens is 374 g/mol. The van der Waals surface area contributed by atoms with Crippen molar-refractivity contribution in [1.82, 2.24) is 14.7 Å². The summed E-state index contributed by atoms with van der Waals surface area (Å²) in [5.41, 5.74) is 0. The van der Waals surface area contributed by atoms with Gasteiger partial charge in [0.25, 0.3) is 0 Å². The molecule has 0 aromatic carbocycles. The number of hydrogen-bond donors (Lipinski definition) is 3. The standard InChI is InChI=1S/C17H29N3O8/c1-13(2)14(22)9-19(10-15(23)24)5-3-18(7-8-21)4-6-20(11-16(25)26)12-17(27)28/h8,13H,3-7,9-12H2,1-2H3,(H,23,24)(H,25,26)(H,27,28). The van der Waals surface area contributed by atoms with Crippen molar-refractivity contribution in [3.63, 3.8) is 0 Å². The first kappa shape index (κ1) is 25.6. The molecule has 0 fully saturated rings. The minimum atomic E-state index is -1.16. The SMILES string of the molecule is CC(C)C(=O)CN(CCN(CC=O)CCN(CC(=O)O)CC(=O)O)CC(=O)O. The lowest BCUT2D eigenvalue weighted by Crippen LogP contribution is -2.44. The summed E-state index contributed by atoms with van der Waals surface area (Å²) in [7, 11) is 0. The minimum absolute atomic E-state index is 0.0209. The van der Waals surface area contributed by atoms with Crippen LogP contribution in [0.4, 0.5) is 0 Å². The Bertz CT molecular complexity index is 537. The molecule has 28 heavy (non-hydrogen) atoms. The van der Waals surface area contributed by atoms with Crippen LogP contribution in [0, 0.1) is 5.92 Å². The van der Waals surface area contributed by atoms with Crippen molar-refractivity contribution >= 4 is 30.0 Å². The van der Waals surface area contributed by atoms with Gasteiger partial charge in [0.05, 0.1) is 32.7 Å². The fourth-order valence-electron chi connectivity index (χ4n) is 2.37. The molecule has 0 aliphatic rings.